The summed E-state index contributed by atoms with van der Waals surface area (Å²) in [5, 5.41) is 88.3. The zero-order valence-corrected chi connectivity index (χ0v) is 51.5. The summed E-state index contributed by atoms with van der Waals surface area (Å²) in [6.07, 6.45) is -21.3. The van der Waals surface area contributed by atoms with E-state index in [1.54, 1.807) is 0 Å². The fourth-order valence-electron chi connectivity index (χ4n) is 16.3. The number of ether oxygens (including phenoxy) is 11. The first-order valence-corrected chi connectivity index (χ1v) is 29.7. The van der Waals surface area contributed by atoms with Crippen molar-refractivity contribution in [3.05, 3.63) is 23.3 Å². The molecule has 27 heteroatoms. The van der Waals surface area contributed by atoms with Gasteiger partial charge in [-0.3, -0.25) is 13.8 Å². The summed E-state index contributed by atoms with van der Waals surface area (Å²) in [4.78, 5) is 27.4. The van der Waals surface area contributed by atoms with Crippen LogP contribution in [0.15, 0.2) is 23.3 Å². The molecule has 8 fully saturated rings. The Morgan fingerprint density at radius 3 is 2.07 bits per heavy atom. The Morgan fingerprint density at radius 1 is 0.780 bits per heavy atom. The van der Waals surface area contributed by atoms with Crippen molar-refractivity contribution in [1.29, 1.82) is 0 Å². The van der Waals surface area contributed by atoms with Crippen LogP contribution in [0.2, 0.25) is 0 Å². The van der Waals surface area contributed by atoms with Crippen LogP contribution in [0.1, 0.15) is 114 Å². The van der Waals surface area contributed by atoms with Gasteiger partial charge in [0.1, 0.15) is 91.1 Å². The number of fused-ring (bicyclic) bond motifs is 4. The molecular formula is C55H85NaO25S. The van der Waals surface area contributed by atoms with Gasteiger partial charge in [0.15, 0.2) is 25.2 Å². The van der Waals surface area contributed by atoms with Gasteiger partial charge in [-0.2, -0.15) is 0 Å². The molecule has 462 valence electrons. The standard InChI is InChI=1S/C55H86O25S.Na/c1-24(2)12-11-17-54(9)45-30(73-26(4)57)20-53(8)28-13-14-33-51(5,6)34(16-18-52(33,7)27(28)15-19-55(45,53)50(65)79-54)75-49-44(36(60)32(23-71-49)80-81(66,67)68)78-47-38(62)37(61)41(25(3)72-47)76-46-39(63)42(29(58)22-70-46)77-48-40(64)43(69-10)35(59)31(21-56)74-48;/h12-13,25,27,29-49,56,58-64H,11,14-23H2,1-10H3,(H,66,67,68);/q;+1/p-1/t25?,27?,29-,30+,31?,32-,33?,34+,35-,36-,37+,38?,39?,40?,41-,42-,43-,44?,45-,46+,47+,48+,49+,52-,53+,54+,55?;/m1./s1. The maximum absolute atomic E-state index is 14.7. The normalized spacial score (nSPS) is 48.9. The van der Waals surface area contributed by atoms with Crippen molar-refractivity contribution < 1.29 is 149 Å². The summed E-state index contributed by atoms with van der Waals surface area (Å²) in [5.74, 6) is -0.985. The van der Waals surface area contributed by atoms with Crippen LogP contribution in [-0.2, 0) is 76.3 Å². The van der Waals surface area contributed by atoms with Crippen LogP contribution in [0.5, 0.6) is 0 Å². The number of rotatable bonds is 16. The fourth-order valence-corrected chi connectivity index (χ4v) is 16.7. The maximum atomic E-state index is 14.7. The van der Waals surface area contributed by atoms with E-state index in [1.165, 1.54) is 26.5 Å². The topological polar surface area (TPSA) is 364 Å². The van der Waals surface area contributed by atoms with Gasteiger partial charge in [-0.05, 0) is 102 Å². The predicted octanol–water partition coefficient (Wildman–Crippen LogP) is -2.72. The van der Waals surface area contributed by atoms with Crippen molar-refractivity contribution >= 4 is 22.3 Å². The van der Waals surface area contributed by atoms with Crippen LogP contribution in [0.25, 0.3) is 0 Å². The van der Waals surface area contributed by atoms with Crippen LogP contribution >= 0.6 is 0 Å². The monoisotopic (exact) mass is 1200 g/mol. The minimum absolute atomic E-state index is 0. The molecule has 5 saturated heterocycles. The van der Waals surface area contributed by atoms with E-state index in [0.717, 1.165) is 5.57 Å². The Kier molecular flexibility index (Phi) is 20.2. The number of aliphatic hydroxyl groups is 8. The number of esters is 2. The molecule has 0 aromatic heterocycles. The smallest absolute Gasteiger partial charge is 0.726 e. The minimum atomic E-state index is -5.41. The Morgan fingerprint density at radius 2 is 1.43 bits per heavy atom. The summed E-state index contributed by atoms with van der Waals surface area (Å²) in [7, 11) is -4.20. The van der Waals surface area contributed by atoms with Crippen molar-refractivity contribution in [3.63, 3.8) is 0 Å². The second-order valence-electron chi connectivity index (χ2n) is 25.6. The van der Waals surface area contributed by atoms with E-state index in [0.29, 0.717) is 51.4 Å². The Labute approximate surface area is 500 Å². The minimum Gasteiger partial charge on any atom is -0.726 e. The molecule has 82 heavy (non-hydrogen) atoms. The van der Waals surface area contributed by atoms with E-state index in [2.05, 4.69) is 44.0 Å². The van der Waals surface area contributed by atoms with E-state index in [4.69, 9.17) is 52.1 Å². The molecule has 27 atom stereocenters. The van der Waals surface area contributed by atoms with Crippen molar-refractivity contribution in [2.24, 2.45) is 39.4 Å². The van der Waals surface area contributed by atoms with Crippen molar-refractivity contribution in [3.8, 4) is 0 Å². The van der Waals surface area contributed by atoms with Crippen LogP contribution in [-0.4, -0.2) is 221 Å². The van der Waals surface area contributed by atoms with Crippen LogP contribution < -0.4 is 29.6 Å². The predicted molar refractivity (Wildman–Crippen MR) is 274 cm³/mol. The van der Waals surface area contributed by atoms with E-state index in [-0.39, 0.29) is 58.7 Å². The number of hydrogen-bond acceptors (Lipinski definition) is 25. The molecule has 5 heterocycles. The van der Waals surface area contributed by atoms with E-state index in [1.807, 2.05) is 20.8 Å². The van der Waals surface area contributed by atoms with Crippen molar-refractivity contribution in [1.82, 2.24) is 0 Å². The molecule has 25 nitrogen and oxygen atoms in total. The molecule has 0 aromatic rings. The number of carbonyl (C=O) groups is 2. The average Bonchev–Trinajstić information content (AvgIpc) is 2.08. The third-order valence-electron chi connectivity index (χ3n) is 20.2. The Bertz CT molecular complexity index is 2460. The summed E-state index contributed by atoms with van der Waals surface area (Å²) < 4.78 is 106. The third-order valence-corrected chi connectivity index (χ3v) is 20.6. The number of hydrogen-bond donors (Lipinski definition) is 8. The second kappa shape index (κ2) is 24.9. The van der Waals surface area contributed by atoms with E-state index >= 15 is 0 Å². The van der Waals surface area contributed by atoms with E-state index < -0.39 is 181 Å². The zero-order valence-electron chi connectivity index (χ0n) is 48.6. The molecule has 9 aliphatic rings. The first-order chi connectivity index (χ1) is 37.9. The number of methoxy groups -OCH3 is 1. The van der Waals surface area contributed by atoms with Gasteiger partial charge in [0.25, 0.3) is 0 Å². The molecule has 5 aliphatic heterocycles. The quantitative estimate of drug-likeness (QED) is 0.0256. The van der Waals surface area contributed by atoms with E-state index in [9.17, 15) is 63.4 Å². The molecule has 3 saturated carbocycles. The first-order valence-electron chi connectivity index (χ1n) is 28.3. The Hall–Kier alpha value is -1.39. The molecular weight excluding hydrogens is 1120 g/mol. The first kappa shape index (κ1) is 66.6. The maximum Gasteiger partial charge on any atom is 1.00 e. The van der Waals surface area contributed by atoms with Gasteiger partial charge in [0, 0.05) is 19.4 Å². The van der Waals surface area contributed by atoms with Crippen molar-refractivity contribution in [2.75, 3.05) is 26.9 Å². The van der Waals surface area contributed by atoms with Crippen LogP contribution in [0.3, 0.4) is 0 Å². The molecule has 4 aliphatic carbocycles. The number of cyclic esters (lactones) is 1. The summed E-state index contributed by atoms with van der Waals surface area (Å²) in [6, 6.07) is 0. The van der Waals surface area contributed by atoms with Gasteiger partial charge in [0.2, 0.25) is 10.4 Å². The molecule has 0 bridgehead atoms. The zero-order chi connectivity index (χ0) is 59.3. The summed E-state index contributed by atoms with van der Waals surface area (Å²) >= 11 is 0. The summed E-state index contributed by atoms with van der Waals surface area (Å²) in [6.45, 7) is 15.7. The molecule has 0 aromatic carbocycles. The van der Waals surface area contributed by atoms with Crippen molar-refractivity contribution in [2.45, 2.75) is 242 Å². The molecule has 0 amide bonds. The summed E-state index contributed by atoms with van der Waals surface area (Å²) in [5.41, 5.74) is -1.06. The van der Waals surface area contributed by atoms with Gasteiger partial charge >= 0.3 is 41.5 Å². The Balaban J connectivity index is 0.00000880. The van der Waals surface area contributed by atoms with Crippen LogP contribution in [0, 0.1) is 39.4 Å². The van der Waals surface area contributed by atoms with Gasteiger partial charge in [0.05, 0.1) is 43.4 Å². The van der Waals surface area contributed by atoms with Gasteiger partial charge in [-0.15, -0.1) is 0 Å². The molecule has 9 unspecified atom stereocenters. The van der Waals surface area contributed by atoms with Gasteiger partial charge in [-0.25, -0.2) is 8.42 Å². The van der Waals surface area contributed by atoms with Gasteiger partial charge in [-0.1, -0.05) is 51.0 Å². The number of aliphatic hydroxyl groups excluding tert-OH is 8. The van der Waals surface area contributed by atoms with Crippen LogP contribution in [0.4, 0.5) is 0 Å². The third kappa shape index (κ3) is 11.8. The second-order valence-corrected chi connectivity index (χ2v) is 26.6. The molecule has 8 N–H and O–H groups in total. The van der Waals surface area contributed by atoms with Gasteiger partial charge < -0.3 is 97.5 Å². The number of allylic oxidation sites excluding steroid dienone is 4. The number of carbonyl (C=O) groups excluding carboxylic acids is 2. The average molecular weight is 1200 g/mol. The molecule has 1 spiro atoms. The molecule has 0 radical (unpaired) electrons. The SMILES string of the molecule is CO[C@H]1C(O)[C@H](O[C@H]2C(O)[C@H](O[C@@H]3C(C)O[C@@H](OC4[C@H](O[C@H]5CC[C@]6(C)C7CCC89C(=O)O[C@@](C)(CCC=C(C)C)[C@H]8[C@@H](OC(C)=O)C[C@@]9(C)C7=CCC6C5(C)C)OC[C@@H](OS(=O)(=O)[O-])[C@H]4O)C(O)[C@@H]3O)OC[C@H]2O)OC(CO)[C@H]1O.[Na+]. The molecule has 9 rings (SSSR count). The fraction of sp³-hybridized carbons (Fsp3) is 0.891. The largest absolute Gasteiger partial charge is 1.00 e.